The first-order chi connectivity index (χ1) is 10.4. The number of nitrogens with one attached hydrogen (secondary N) is 3. The van der Waals surface area contributed by atoms with Crippen molar-refractivity contribution < 1.29 is 4.79 Å². The first-order valence-corrected chi connectivity index (χ1v) is 8.45. The van der Waals surface area contributed by atoms with E-state index in [2.05, 4.69) is 41.0 Å². The number of hydrogen-bond donors (Lipinski definition) is 3. The van der Waals surface area contributed by atoms with E-state index in [1.54, 1.807) is 20.2 Å². The third-order valence-corrected chi connectivity index (χ3v) is 4.58. The molecule has 0 aliphatic heterocycles. The Bertz CT molecular complexity index is 529. The number of thioether (sulfide) groups is 1. The first kappa shape index (κ1) is 18.4. The van der Waals surface area contributed by atoms with Gasteiger partial charge in [-0.25, -0.2) is 0 Å². The molecule has 0 aliphatic rings. The molecule has 1 aromatic rings. The van der Waals surface area contributed by atoms with Gasteiger partial charge in [0.1, 0.15) is 0 Å². The van der Waals surface area contributed by atoms with Crippen LogP contribution in [0.15, 0.2) is 29.3 Å². The van der Waals surface area contributed by atoms with Crippen molar-refractivity contribution in [3.63, 3.8) is 0 Å². The lowest BCUT2D eigenvalue weighted by Gasteiger charge is -2.23. The van der Waals surface area contributed by atoms with Gasteiger partial charge in [-0.15, -0.1) is 0 Å². The summed E-state index contributed by atoms with van der Waals surface area (Å²) < 4.78 is 0.150. The minimum absolute atomic E-state index is 0.0777. The largest absolute Gasteiger partial charge is 0.355 e. The van der Waals surface area contributed by atoms with Crippen LogP contribution in [0.1, 0.15) is 29.8 Å². The molecule has 1 amide bonds. The first-order valence-electron chi connectivity index (χ1n) is 7.22. The van der Waals surface area contributed by atoms with Gasteiger partial charge >= 0.3 is 0 Å². The summed E-state index contributed by atoms with van der Waals surface area (Å²) in [6.45, 7) is 5.81. The van der Waals surface area contributed by atoms with Crippen LogP contribution >= 0.6 is 11.8 Å². The fourth-order valence-electron chi connectivity index (χ4n) is 1.74. The fourth-order valence-corrected chi connectivity index (χ4v) is 1.96. The van der Waals surface area contributed by atoms with Gasteiger partial charge in [-0.1, -0.05) is 12.1 Å². The maximum absolute atomic E-state index is 11.6. The molecule has 0 aliphatic carbocycles. The zero-order valence-corrected chi connectivity index (χ0v) is 14.8. The van der Waals surface area contributed by atoms with Crippen molar-refractivity contribution in [1.29, 1.82) is 0 Å². The molecule has 0 saturated heterocycles. The van der Waals surface area contributed by atoms with Crippen LogP contribution < -0.4 is 16.0 Å². The standard InChI is InChI=1S/C16H26N4OS/c1-16(2,22-5)11-20-15(18-4)19-10-12-7-6-8-13(9-12)14(21)17-3/h6-9H,10-11H2,1-5H3,(H,17,21)(H2,18,19,20). The van der Waals surface area contributed by atoms with Crippen molar-refractivity contribution in [2.75, 3.05) is 26.9 Å². The van der Waals surface area contributed by atoms with E-state index in [0.29, 0.717) is 12.1 Å². The highest BCUT2D eigenvalue weighted by atomic mass is 32.2. The van der Waals surface area contributed by atoms with Crippen molar-refractivity contribution in [3.8, 4) is 0 Å². The SMILES string of the molecule is CN=C(NCc1cccc(C(=O)NC)c1)NCC(C)(C)SC. The van der Waals surface area contributed by atoms with E-state index in [-0.39, 0.29) is 10.7 Å². The third-order valence-electron chi connectivity index (χ3n) is 3.33. The van der Waals surface area contributed by atoms with Crippen molar-refractivity contribution in [2.24, 2.45) is 4.99 Å². The Hall–Kier alpha value is -1.69. The fraction of sp³-hybridized carbons (Fsp3) is 0.500. The van der Waals surface area contributed by atoms with E-state index in [1.165, 1.54) is 0 Å². The number of benzene rings is 1. The summed E-state index contributed by atoms with van der Waals surface area (Å²) >= 11 is 1.81. The highest BCUT2D eigenvalue weighted by molar-refractivity contribution is 7.99. The summed E-state index contributed by atoms with van der Waals surface area (Å²) in [4.78, 5) is 15.9. The van der Waals surface area contributed by atoms with E-state index in [0.717, 1.165) is 18.1 Å². The van der Waals surface area contributed by atoms with Gasteiger partial charge in [-0.05, 0) is 37.8 Å². The number of nitrogens with zero attached hydrogens (tertiary/aromatic N) is 1. The summed E-state index contributed by atoms with van der Waals surface area (Å²) in [5.74, 6) is 0.679. The molecular weight excluding hydrogens is 296 g/mol. The number of guanidine groups is 1. The van der Waals surface area contributed by atoms with E-state index < -0.39 is 0 Å². The van der Waals surface area contributed by atoms with E-state index in [9.17, 15) is 4.79 Å². The Morgan fingerprint density at radius 1 is 1.32 bits per heavy atom. The predicted octanol–water partition coefficient (Wildman–Crippen LogP) is 1.85. The van der Waals surface area contributed by atoms with Crippen molar-refractivity contribution >= 4 is 23.6 Å². The van der Waals surface area contributed by atoms with Crippen LogP contribution in [0, 0.1) is 0 Å². The molecule has 0 aromatic heterocycles. The molecule has 1 rings (SSSR count). The van der Waals surface area contributed by atoms with Crippen molar-refractivity contribution in [3.05, 3.63) is 35.4 Å². The molecule has 0 atom stereocenters. The van der Waals surface area contributed by atoms with Crippen LogP contribution in [-0.2, 0) is 6.54 Å². The number of carbonyl (C=O) groups excluding carboxylic acids is 1. The minimum atomic E-state index is -0.0777. The zero-order chi connectivity index (χ0) is 16.6. The van der Waals surface area contributed by atoms with Gasteiger partial charge in [0.15, 0.2) is 5.96 Å². The van der Waals surface area contributed by atoms with E-state index in [1.807, 2.05) is 30.0 Å². The summed E-state index contributed by atoms with van der Waals surface area (Å²) in [6.07, 6.45) is 2.10. The highest BCUT2D eigenvalue weighted by Crippen LogP contribution is 2.19. The topological polar surface area (TPSA) is 65.5 Å². The quantitative estimate of drug-likeness (QED) is 0.552. The Balaban J connectivity index is 2.59. The van der Waals surface area contributed by atoms with E-state index >= 15 is 0 Å². The molecule has 0 fully saturated rings. The average Bonchev–Trinajstić information content (AvgIpc) is 2.54. The van der Waals surface area contributed by atoms with Gasteiger partial charge in [-0.2, -0.15) is 11.8 Å². The molecule has 0 saturated carbocycles. The molecular formula is C16H26N4OS. The molecule has 22 heavy (non-hydrogen) atoms. The van der Waals surface area contributed by atoms with Gasteiger partial charge in [0.25, 0.3) is 5.91 Å². The van der Waals surface area contributed by atoms with Crippen molar-refractivity contribution in [1.82, 2.24) is 16.0 Å². The van der Waals surface area contributed by atoms with Gasteiger partial charge in [0.2, 0.25) is 0 Å². The van der Waals surface area contributed by atoms with Crippen LogP contribution in [0.25, 0.3) is 0 Å². The van der Waals surface area contributed by atoms with Crippen LogP contribution in [0.5, 0.6) is 0 Å². The number of amides is 1. The molecule has 122 valence electrons. The molecule has 1 aromatic carbocycles. The van der Waals surface area contributed by atoms with Gasteiger partial charge in [0, 0.05) is 37.5 Å². The zero-order valence-electron chi connectivity index (χ0n) is 14.0. The monoisotopic (exact) mass is 322 g/mol. The summed E-state index contributed by atoms with van der Waals surface area (Å²) in [5.41, 5.74) is 1.70. The smallest absolute Gasteiger partial charge is 0.251 e. The average molecular weight is 322 g/mol. The van der Waals surface area contributed by atoms with Gasteiger partial charge < -0.3 is 16.0 Å². The molecule has 6 heteroatoms. The van der Waals surface area contributed by atoms with Crippen LogP contribution in [0.4, 0.5) is 0 Å². The van der Waals surface area contributed by atoms with Crippen LogP contribution in [0.2, 0.25) is 0 Å². The normalized spacial score (nSPS) is 12.0. The highest BCUT2D eigenvalue weighted by Gasteiger charge is 2.16. The lowest BCUT2D eigenvalue weighted by molar-refractivity contribution is 0.0963. The second-order valence-corrected chi connectivity index (χ2v) is 7.04. The molecule has 0 radical (unpaired) electrons. The van der Waals surface area contributed by atoms with Gasteiger partial charge in [0.05, 0.1) is 0 Å². The summed E-state index contributed by atoms with van der Waals surface area (Å²) in [6, 6.07) is 7.55. The Labute approximate surface area is 137 Å². The van der Waals surface area contributed by atoms with Crippen molar-refractivity contribution in [2.45, 2.75) is 25.1 Å². The molecule has 3 N–H and O–H groups in total. The second kappa shape index (κ2) is 8.68. The lowest BCUT2D eigenvalue weighted by atomic mass is 10.1. The molecule has 0 unspecified atom stereocenters. The van der Waals surface area contributed by atoms with E-state index in [4.69, 9.17) is 0 Å². The number of rotatable bonds is 6. The van der Waals surface area contributed by atoms with Crippen LogP contribution in [0.3, 0.4) is 0 Å². The number of carbonyl (C=O) groups is 1. The second-order valence-electron chi connectivity index (χ2n) is 5.52. The molecule has 0 bridgehead atoms. The lowest BCUT2D eigenvalue weighted by Crippen LogP contribution is -2.43. The van der Waals surface area contributed by atoms with Gasteiger partial charge in [-0.3, -0.25) is 9.79 Å². The predicted molar refractivity (Wildman–Crippen MR) is 95.6 cm³/mol. The molecule has 0 heterocycles. The number of aliphatic imine (C=N–C) groups is 1. The Kier molecular flexibility index (Phi) is 7.24. The molecule has 0 spiro atoms. The minimum Gasteiger partial charge on any atom is -0.355 e. The summed E-state index contributed by atoms with van der Waals surface area (Å²) in [7, 11) is 3.38. The maximum Gasteiger partial charge on any atom is 0.251 e. The maximum atomic E-state index is 11.6. The summed E-state index contributed by atoms with van der Waals surface area (Å²) in [5, 5.41) is 9.21. The third kappa shape index (κ3) is 5.97. The Morgan fingerprint density at radius 3 is 2.64 bits per heavy atom. The number of hydrogen-bond acceptors (Lipinski definition) is 3. The molecule has 5 nitrogen and oxygen atoms in total. The Morgan fingerprint density at radius 2 is 2.05 bits per heavy atom. The van der Waals surface area contributed by atoms with Crippen LogP contribution in [-0.4, -0.2) is 43.5 Å².